The van der Waals surface area contributed by atoms with Crippen molar-refractivity contribution < 1.29 is 14.3 Å². The number of benzene rings is 1. The zero-order valence-corrected chi connectivity index (χ0v) is 11.6. The van der Waals surface area contributed by atoms with Crippen molar-refractivity contribution in [2.45, 2.75) is 6.54 Å². The first-order valence-corrected chi connectivity index (χ1v) is 6.06. The van der Waals surface area contributed by atoms with E-state index < -0.39 is 0 Å². The monoisotopic (exact) mass is 264 g/mol. The van der Waals surface area contributed by atoms with Crippen LogP contribution in [0.5, 0.6) is 0 Å². The minimum atomic E-state index is -0.346. The van der Waals surface area contributed by atoms with Crippen molar-refractivity contribution in [1.82, 2.24) is 9.80 Å². The largest absolute Gasteiger partial charge is 0.468 e. The number of rotatable bonds is 6. The lowest BCUT2D eigenvalue weighted by Gasteiger charge is -2.21. The number of esters is 1. The van der Waals surface area contributed by atoms with E-state index in [9.17, 15) is 9.59 Å². The summed E-state index contributed by atoms with van der Waals surface area (Å²) in [6.07, 6.45) is 0. The third-order valence-electron chi connectivity index (χ3n) is 2.72. The highest BCUT2D eigenvalue weighted by Crippen LogP contribution is 2.03. The summed E-state index contributed by atoms with van der Waals surface area (Å²) >= 11 is 0. The Labute approximate surface area is 113 Å². The molecular weight excluding hydrogens is 244 g/mol. The molecule has 0 saturated heterocycles. The van der Waals surface area contributed by atoms with Gasteiger partial charge in [0.05, 0.1) is 20.2 Å². The fraction of sp³-hybridized carbons (Fsp3) is 0.429. The second-order valence-corrected chi connectivity index (χ2v) is 4.48. The second kappa shape index (κ2) is 7.53. The number of amides is 1. The Morgan fingerprint density at radius 1 is 1.11 bits per heavy atom. The van der Waals surface area contributed by atoms with Crippen molar-refractivity contribution >= 4 is 11.9 Å². The number of likely N-dealkylation sites (N-methyl/N-ethyl adjacent to an activating group) is 2. The van der Waals surface area contributed by atoms with Gasteiger partial charge >= 0.3 is 5.97 Å². The van der Waals surface area contributed by atoms with Gasteiger partial charge in [0.2, 0.25) is 5.91 Å². The molecule has 19 heavy (non-hydrogen) atoms. The molecule has 0 aliphatic rings. The van der Waals surface area contributed by atoms with E-state index in [1.54, 1.807) is 23.9 Å². The number of methoxy groups -OCH3 is 1. The smallest absolute Gasteiger partial charge is 0.319 e. The molecule has 0 aliphatic carbocycles. The molecule has 1 aromatic carbocycles. The average molecular weight is 264 g/mol. The van der Waals surface area contributed by atoms with Crippen molar-refractivity contribution in [3.05, 3.63) is 35.9 Å². The van der Waals surface area contributed by atoms with Gasteiger partial charge in [0.25, 0.3) is 0 Å². The number of ether oxygens (including phenoxy) is 1. The Kier molecular flexibility index (Phi) is 6.02. The zero-order chi connectivity index (χ0) is 14.3. The van der Waals surface area contributed by atoms with Gasteiger partial charge in [-0.3, -0.25) is 14.5 Å². The van der Waals surface area contributed by atoms with Crippen LogP contribution in [0, 0.1) is 0 Å². The van der Waals surface area contributed by atoms with Crippen LogP contribution in [-0.2, 0) is 20.9 Å². The molecule has 0 N–H and O–H groups in total. The van der Waals surface area contributed by atoms with Gasteiger partial charge in [-0.15, -0.1) is 0 Å². The SMILES string of the molecule is COC(=O)CN(C)CC(=O)N(C)Cc1ccccc1. The lowest BCUT2D eigenvalue weighted by atomic mass is 10.2. The predicted octanol–water partition coefficient (Wildman–Crippen LogP) is 0.750. The Morgan fingerprint density at radius 3 is 2.32 bits per heavy atom. The number of hydrogen-bond donors (Lipinski definition) is 0. The molecule has 0 atom stereocenters. The highest BCUT2D eigenvalue weighted by atomic mass is 16.5. The van der Waals surface area contributed by atoms with E-state index in [1.165, 1.54) is 7.11 Å². The van der Waals surface area contributed by atoms with Crippen molar-refractivity contribution in [3.8, 4) is 0 Å². The zero-order valence-electron chi connectivity index (χ0n) is 11.6. The first-order valence-electron chi connectivity index (χ1n) is 6.06. The Hall–Kier alpha value is -1.88. The van der Waals surface area contributed by atoms with Gasteiger partial charge in [0.15, 0.2) is 0 Å². The average Bonchev–Trinajstić information content (AvgIpc) is 2.39. The molecule has 5 heteroatoms. The van der Waals surface area contributed by atoms with Crippen LogP contribution >= 0.6 is 0 Å². The fourth-order valence-electron chi connectivity index (χ4n) is 1.64. The molecule has 0 spiro atoms. The van der Waals surface area contributed by atoms with Crippen LogP contribution in [0.3, 0.4) is 0 Å². The van der Waals surface area contributed by atoms with E-state index >= 15 is 0 Å². The third-order valence-corrected chi connectivity index (χ3v) is 2.72. The van der Waals surface area contributed by atoms with E-state index in [0.29, 0.717) is 6.54 Å². The quantitative estimate of drug-likeness (QED) is 0.711. The van der Waals surface area contributed by atoms with E-state index in [2.05, 4.69) is 4.74 Å². The topological polar surface area (TPSA) is 49.9 Å². The molecule has 0 fully saturated rings. The summed E-state index contributed by atoms with van der Waals surface area (Å²) < 4.78 is 4.55. The summed E-state index contributed by atoms with van der Waals surface area (Å²) in [5.41, 5.74) is 1.08. The molecule has 1 aromatic rings. The Balaban J connectivity index is 2.42. The molecule has 1 amide bonds. The summed E-state index contributed by atoms with van der Waals surface area (Å²) in [5.74, 6) is -0.378. The lowest BCUT2D eigenvalue weighted by Crippen LogP contribution is -2.38. The Morgan fingerprint density at radius 2 is 1.74 bits per heavy atom. The molecule has 0 unspecified atom stereocenters. The van der Waals surface area contributed by atoms with Crippen molar-refractivity contribution in [3.63, 3.8) is 0 Å². The van der Waals surface area contributed by atoms with Gasteiger partial charge in [-0.25, -0.2) is 0 Å². The molecule has 0 aromatic heterocycles. The summed E-state index contributed by atoms with van der Waals surface area (Å²) in [6, 6.07) is 9.77. The predicted molar refractivity (Wildman–Crippen MR) is 72.4 cm³/mol. The summed E-state index contributed by atoms with van der Waals surface area (Å²) in [7, 11) is 4.80. The van der Waals surface area contributed by atoms with Crippen LogP contribution in [0.25, 0.3) is 0 Å². The van der Waals surface area contributed by atoms with E-state index in [1.807, 2.05) is 30.3 Å². The minimum Gasteiger partial charge on any atom is -0.468 e. The summed E-state index contributed by atoms with van der Waals surface area (Å²) in [5, 5.41) is 0. The normalized spacial score (nSPS) is 10.3. The lowest BCUT2D eigenvalue weighted by molar-refractivity contribution is -0.142. The third kappa shape index (κ3) is 5.52. The van der Waals surface area contributed by atoms with Crippen molar-refractivity contribution in [2.24, 2.45) is 0 Å². The van der Waals surface area contributed by atoms with E-state index in [4.69, 9.17) is 0 Å². The number of carbonyl (C=O) groups excluding carboxylic acids is 2. The number of hydrogen-bond acceptors (Lipinski definition) is 4. The molecule has 5 nitrogen and oxygen atoms in total. The molecule has 0 bridgehead atoms. The minimum absolute atomic E-state index is 0.0322. The van der Waals surface area contributed by atoms with Crippen molar-refractivity contribution in [1.29, 1.82) is 0 Å². The maximum atomic E-state index is 12.0. The molecule has 0 heterocycles. The van der Waals surface area contributed by atoms with Crippen LogP contribution < -0.4 is 0 Å². The van der Waals surface area contributed by atoms with Gasteiger partial charge in [-0.05, 0) is 12.6 Å². The molecule has 0 aliphatic heterocycles. The van der Waals surface area contributed by atoms with Gasteiger partial charge in [0, 0.05) is 13.6 Å². The molecule has 104 valence electrons. The van der Waals surface area contributed by atoms with Crippen LogP contribution in [-0.4, -0.2) is 56.0 Å². The molecule has 0 radical (unpaired) electrons. The molecule has 1 rings (SSSR count). The van der Waals surface area contributed by atoms with Crippen LogP contribution in [0.2, 0.25) is 0 Å². The fourth-order valence-corrected chi connectivity index (χ4v) is 1.64. The van der Waals surface area contributed by atoms with Crippen LogP contribution in [0.1, 0.15) is 5.56 Å². The maximum absolute atomic E-state index is 12.0. The van der Waals surface area contributed by atoms with Gasteiger partial charge in [-0.2, -0.15) is 0 Å². The van der Waals surface area contributed by atoms with Crippen LogP contribution in [0.4, 0.5) is 0 Å². The van der Waals surface area contributed by atoms with E-state index in [0.717, 1.165) is 5.56 Å². The standard InChI is InChI=1S/C14H20N2O3/c1-15(11-14(18)19-3)10-13(17)16(2)9-12-7-5-4-6-8-12/h4-8H,9-11H2,1-3H3. The molecule has 0 saturated carbocycles. The highest BCUT2D eigenvalue weighted by Gasteiger charge is 2.14. The van der Waals surface area contributed by atoms with Crippen molar-refractivity contribution in [2.75, 3.05) is 34.3 Å². The van der Waals surface area contributed by atoms with Gasteiger partial charge in [-0.1, -0.05) is 30.3 Å². The maximum Gasteiger partial charge on any atom is 0.319 e. The first kappa shape index (κ1) is 15.2. The molecular formula is C14H20N2O3. The Bertz CT molecular complexity index is 420. The number of nitrogens with zero attached hydrogens (tertiary/aromatic N) is 2. The summed E-state index contributed by atoms with van der Waals surface area (Å²) in [4.78, 5) is 26.3. The van der Waals surface area contributed by atoms with E-state index in [-0.39, 0.29) is 25.0 Å². The van der Waals surface area contributed by atoms with Crippen LogP contribution in [0.15, 0.2) is 30.3 Å². The first-order chi connectivity index (χ1) is 9.02. The highest BCUT2D eigenvalue weighted by molar-refractivity contribution is 5.79. The van der Waals surface area contributed by atoms with Gasteiger partial charge < -0.3 is 9.64 Å². The summed E-state index contributed by atoms with van der Waals surface area (Å²) in [6.45, 7) is 0.867. The second-order valence-electron chi connectivity index (χ2n) is 4.48. The van der Waals surface area contributed by atoms with Gasteiger partial charge in [0.1, 0.15) is 0 Å². The number of carbonyl (C=O) groups is 2.